The van der Waals surface area contributed by atoms with Crippen molar-refractivity contribution in [2.75, 3.05) is 19.7 Å². The number of nitrogens with one attached hydrogen (secondary N) is 1. The number of hydrogen-bond acceptors (Lipinski definition) is 4. The van der Waals surface area contributed by atoms with Gasteiger partial charge < -0.3 is 15.2 Å². The molecule has 1 heterocycles. The van der Waals surface area contributed by atoms with Crippen LogP contribution in [0.2, 0.25) is 0 Å². The minimum absolute atomic E-state index is 0.0902. The third kappa shape index (κ3) is 6.20. The highest BCUT2D eigenvalue weighted by Gasteiger charge is 2.33. The van der Waals surface area contributed by atoms with E-state index in [0.29, 0.717) is 31.5 Å². The van der Waals surface area contributed by atoms with Crippen molar-refractivity contribution in [2.24, 2.45) is 11.8 Å². The predicted molar refractivity (Wildman–Crippen MR) is 117 cm³/mol. The van der Waals surface area contributed by atoms with Crippen molar-refractivity contribution in [1.29, 1.82) is 0 Å². The SMILES string of the molecule is O=C(NC1CCCC1)[C@@H]1C[C@H](COc2cccc(F)c2)CN(Cc2ccc(O)cc2)C1. The molecule has 1 saturated carbocycles. The Kier molecular flexibility index (Phi) is 7.07. The molecule has 1 aliphatic carbocycles. The minimum Gasteiger partial charge on any atom is -0.508 e. The Morgan fingerprint density at radius 2 is 1.90 bits per heavy atom. The molecule has 0 unspecified atom stereocenters. The standard InChI is InChI=1S/C25H31FN2O3/c26-21-4-3-7-24(13-21)31-17-19-12-20(25(30)27-22-5-1-2-6-22)16-28(15-19)14-18-8-10-23(29)11-9-18/h3-4,7-11,13,19-20,22,29H,1-2,5-6,12,14-17H2,(H,27,30)/t19-,20+/m0/s1. The van der Waals surface area contributed by atoms with E-state index in [2.05, 4.69) is 10.2 Å². The molecule has 5 nitrogen and oxygen atoms in total. The molecule has 2 aromatic carbocycles. The fourth-order valence-electron chi connectivity index (χ4n) is 4.76. The third-order valence-electron chi connectivity index (χ3n) is 6.31. The quantitative estimate of drug-likeness (QED) is 0.700. The number of hydrogen-bond donors (Lipinski definition) is 2. The summed E-state index contributed by atoms with van der Waals surface area (Å²) in [6.45, 7) is 2.67. The van der Waals surface area contributed by atoms with Crippen molar-refractivity contribution in [3.63, 3.8) is 0 Å². The molecule has 2 fully saturated rings. The van der Waals surface area contributed by atoms with Crippen molar-refractivity contribution in [3.05, 3.63) is 59.9 Å². The lowest BCUT2D eigenvalue weighted by Crippen LogP contribution is -2.48. The molecule has 1 saturated heterocycles. The van der Waals surface area contributed by atoms with Crippen LogP contribution < -0.4 is 10.1 Å². The molecule has 6 heteroatoms. The number of rotatable bonds is 7. The molecular formula is C25H31FN2O3. The van der Waals surface area contributed by atoms with Crippen molar-refractivity contribution >= 4 is 5.91 Å². The maximum Gasteiger partial charge on any atom is 0.224 e. The normalized spacial score (nSPS) is 22.4. The fourth-order valence-corrected chi connectivity index (χ4v) is 4.76. The van der Waals surface area contributed by atoms with E-state index in [1.807, 2.05) is 12.1 Å². The average Bonchev–Trinajstić information content (AvgIpc) is 3.27. The van der Waals surface area contributed by atoms with Crippen LogP contribution in [0.4, 0.5) is 4.39 Å². The molecule has 1 amide bonds. The van der Waals surface area contributed by atoms with Gasteiger partial charge in [0.1, 0.15) is 17.3 Å². The molecule has 31 heavy (non-hydrogen) atoms. The molecule has 0 spiro atoms. The Bertz CT molecular complexity index is 867. The maximum absolute atomic E-state index is 13.5. The number of phenols is 1. The van der Waals surface area contributed by atoms with Gasteiger partial charge in [-0.1, -0.05) is 31.0 Å². The molecular weight excluding hydrogens is 395 g/mol. The highest BCUT2D eigenvalue weighted by molar-refractivity contribution is 5.79. The number of nitrogens with zero attached hydrogens (tertiary/aromatic N) is 1. The van der Waals surface area contributed by atoms with E-state index >= 15 is 0 Å². The second-order valence-electron chi connectivity index (χ2n) is 8.92. The van der Waals surface area contributed by atoms with Gasteiger partial charge in [-0.05, 0) is 49.1 Å². The first-order valence-corrected chi connectivity index (χ1v) is 11.2. The minimum atomic E-state index is -0.316. The summed E-state index contributed by atoms with van der Waals surface area (Å²) in [5.74, 6) is 0.670. The number of halogens is 1. The van der Waals surface area contributed by atoms with Crippen LogP contribution in [0.3, 0.4) is 0 Å². The van der Waals surface area contributed by atoms with Crippen LogP contribution in [-0.4, -0.2) is 41.7 Å². The number of piperidine rings is 1. The van der Waals surface area contributed by atoms with Gasteiger partial charge in [-0.2, -0.15) is 0 Å². The summed E-state index contributed by atoms with van der Waals surface area (Å²) in [5.41, 5.74) is 1.10. The highest BCUT2D eigenvalue weighted by atomic mass is 19.1. The largest absolute Gasteiger partial charge is 0.508 e. The lowest BCUT2D eigenvalue weighted by atomic mass is 9.88. The van der Waals surface area contributed by atoms with E-state index in [0.717, 1.165) is 31.4 Å². The average molecular weight is 427 g/mol. The van der Waals surface area contributed by atoms with Crippen LogP contribution >= 0.6 is 0 Å². The van der Waals surface area contributed by atoms with Crippen LogP contribution in [-0.2, 0) is 11.3 Å². The lowest BCUT2D eigenvalue weighted by Gasteiger charge is -2.37. The summed E-state index contributed by atoms with van der Waals surface area (Å²) in [4.78, 5) is 15.3. The van der Waals surface area contributed by atoms with Crippen LogP contribution in [0.1, 0.15) is 37.7 Å². The van der Waals surface area contributed by atoms with E-state index in [4.69, 9.17) is 4.74 Å². The molecule has 2 atom stereocenters. The van der Waals surface area contributed by atoms with Gasteiger partial charge in [-0.25, -0.2) is 4.39 Å². The summed E-state index contributed by atoms with van der Waals surface area (Å²) in [6.07, 6.45) is 5.28. The van der Waals surface area contributed by atoms with Crippen molar-refractivity contribution in [3.8, 4) is 11.5 Å². The summed E-state index contributed by atoms with van der Waals surface area (Å²) >= 11 is 0. The Balaban J connectivity index is 1.41. The first-order valence-electron chi connectivity index (χ1n) is 11.2. The molecule has 166 valence electrons. The number of carbonyl (C=O) groups is 1. The topological polar surface area (TPSA) is 61.8 Å². The molecule has 1 aliphatic heterocycles. The number of likely N-dealkylation sites (tertiary alicyclic amines) is 1. The zero-order valence-electron chi connectivity index (χ0n) is 17.8. The van der Waals surface area contributed by atoms with E-state index < -0.39 is 0 Å². The number of benzene rings is 2. The van der Waals surface area contributed by atoms with Gasteiger partial charge in [0.15, 0.2) is 0 Å². The number of amides is 1. The van der Waals surface area contributed by atoms with Crippen molar-refractivity contribution < 1.29 is 19.0 Å². The third-order valence-corrected chi connectivity index (χ3v) is 6.31. The highest BCUT2D eigenvalue weighted by Crippen LogP contribution is 2.27. The number of carbonyl (C=O) groups excluding carboxylic acids is 1. The van der Waals surface area contributed by atoms with Crippen molar-refractivity contribution in [1.82, 2.24) is 10.2 Å². The van der Waals surface area contributed by atoms with E-state index in [1.165, 1.54) is 25.0 Å². The first kappa shape index (κ1) is 21.6. The van der Waals surface area contributed by atoms with Gasteiger partial charge in [-0.15, -0.1) is 0 Å². The van der Waals surface area contributed by atoms with Crippen molar-refractivity contribution in [2.45, 2.75) is 44.7 Å². The van der Waals surface area contributed by atoms with E-state index in [1.54, 1.807) is 24.3 Å². The second-order valence-corrected chi connectivity index (χ2v) is 8.92. The second kappa shape index (κ2) is 10.1. The fraction of sp³-hybridized carbons (Fsp3) is 0.480. The van der Waals surface area contributed by atoms with Gasteiger partial charge in [0, 0.05) is 37.7 Å². The summed E-state index contributed by atoms with van der Waals surface area (Å²) in [7, 11) is 0. The smallest absolute Gasteiger partial charge is 0.224 e. The molecule has 4 rings (SSSR count). The van der Waals surface area contributed by atoms with Crippen LogP contribution in [0, 0.1) is 17.7 Å². The Hall–Kier alpha value is -2.60. The molecule has 2 aromatic rings. The summed E-state index contributed by atoms with van der Waals surface area (Å²) < 4.78 is 19.3. The molecule has 0 aromatic heterocycles. The number of ether oxygens (including phenoxy) is 1. The van der Waals surface area contributed by atoms with Crippen LogP contribution in [0.15, 0.2) is 48.5 Å². The molecule has 0 bridgehead atoms. The van der Waals surface area contributed by atoms with Gasteiger partial charge in [0.05, 0.1) is 12.5 Å². The van der Waals surface area contributed by atoms with Gasteiger partial charge >= 0.3 is 0 Å². The predicted octanol–water partition coefficient (Wildman–Crippen LogP) is 4.11. The zero-order chi connectivity index (χ0) is 21.6. The number of aromatic hydroxyl groups is 1. The first-order chi connectivity index (χ1) is 15.0. The Labute approximate surface area is 183 Å². The molecule has 2 N–H and O–H groups in total. The molecule has 2 aliphatic rings. The molecule has 0 radical (unpaired) electrons. The zero-order valence-corrected chi connectivity index (χ0v) is 17.8. The Morgan fingerprint density at radius 1 is 1.13 bits per heavy atom. The Morgan fingerprint density at radius 3 is 2.65 bits per heavy atom. The van der Waals surface area contributed by atoms with Crippen LogP contribution in [0.5, 0.6) is 11.5 Å². The van der Waals surface area contributed by atoms with Crippen LogP contribution in [0.25, 0.3) is 0 Å². The van der Waals surface area contributed by atoms with Gasteiger partial charge in [0.2, 0.25) is 5.91 Å². The lowest BCUT2D eigenvalue weighted by molar-refractivity contribution is -0.128. The van der Waals surface area contributed by atoms with Gasteiger partial charge in [-0.3, -0.25) is 9.69 Å². The van der Waals surface area contributed by atoms with Gasteiger partial charge in [0.25, 0.3) is 0 Å². The summed E-state index contributed by atoms with van der Waals surface area (Å²) in [6, 6.07) is 13.7. The summed E-state index contributed by atoms with van der Waals surface area (Å²) in [5, 5.41) is 12.8. The maximum atomic E-state index is 13.5. The number of phenolic OH excluding ortho intramolecular Hbond substituents is 1. The monoisotopic (exact) mass is 426 g/mol. The van der Waals surface area contributed by atoms with E-state index in [-0.39, 0.29) is 29.3 Å². The van der Waals surface area contributed by atoms with E-state index in [9.17, 15) is 14.3 Å².